The van der Waals surface area contributed by atoms with Gasteiger partial charge in [-0.25, -0.2) is 0 Å². The van der Waals surface area contributed by atoms with Crippen LogP contribution in [0.1, 0.15) is 38.5 Å². The predicted molar refractivity (Wildman–Crippen MR) is 60.1 cm³/mol. The lowest BCUT2D eigenvalue weighted by Gasteiger charge is -2.40. The minimum Gasteiger partial charge on any atom is -0.550 e. The number of carboxylic acids is 1. The van der Waals surface area contributed by atoms with Gasteiger partial charge in [-0.2, -0.15) is 0 Å². The van der Waals surface area contributed by atoms with Crippen molar-refractivity contribution in [2.75, 3.05) is 13.2 Å². The highest BCUT2D eigenvalue weighted by molar-refractivity contribution is 5.89. The highest BCUT2D eigenvalue weighted by Gasteiger charge is 2.52. The van der Waals surface area contributed by atoms with Gasteiger partial charge >= 0.3 is 0 Å². The first-order valence-electron chi connectivity index (χ1n) is 6.80. The van der Waals surface area contributed by atoms with Crippen molar-refractivity contribution in [1.82, 2.24) is 4.90 Å². The van der Waals surface area contributed by atoms with E-state index in [-0.39, 0.29) is 11.8 Å². The van der Waals surface area contributed by atoms with Crippen molar-refractivity contribution in [1.29, 1.82) is 0 Å². The fourth-order valence-electron chi connectivity index (χ4n) is 3.37. The zero-order chi connectivity index (χ0) is 12.8. The largest absolute Gasteiger partial charge is 0.550 e. The number of carbonyl (C=O) groups is 2. The van der Waals surface area contributed by atoms with Gasteiger partial charge < -0.3 is 19.5 Å². The van der Waals surface area contributed by atoms with Crippen molar-refractivity contribution < 1.29 is 19.4 Å². The van der Waals surface area contributed by atoms with Crippen LogP contribution in [0.5, 0.6) is 0 Å². The van der Waals surface area contributed by atoms with Crippen molar-refractivity contribution in [2.24, 2.45) is 11.8 Å². The molecule has 3 aliphatic rings. The van der Waals surface area contributed by atoms with Gasteiger partial charge in [-0.3, -0.25) is 4.79 Å². The third-order valence-corrected chi connectivity index (χ3v) is 4.49. The Kier molecular flexibility index (Phi) is 2.81. The van der Waals surface area contributed by atoms with Crippen LogP contribution < -0.4 is 5.11 Å². The molecule has 1 heterocycles. The second kappa shape index (κ2) is 4.23. The second-order valence-corrected chi connectivity index (χ2v) is 5.61. The number of rotatable bonds is 2. The molecular formula is C13H18NO4-. The summed E-state index contributed by atoms with van der Waals surface area (Å²) in [6, 6.07) is 0. The van der Waals surface area contributed by atoms with Gasteiger partial charge in [0.2, 0.25) is 5.91 Å². The zero-order valence-electron chi connectivity index (χ0n) is 10.4. The van der Waals surface area contributed by atoms with E-state index in [1.165, 1.54) is 6.42 Å². The van der Waals surface area contributed by atoms with Crippen LogP contribution in [0.4, 0.5) is 0 Å². The Morgan fingerprint density at radius 1 is 1.17 bits per heavy atom. The lowest BCUT2D eigenvalue weighted by molar-refractivity contribution is -0.308. The molecule has 3 fully saturated rings. The molecule has 0 aromatic rings. The van der Waals surface area contributed by atoms with Crippen LogP contribution in [0, 0.1) is 11.8 Å². The Bertz CT molecular complexity index is 375. The van der Waals surface area contributed by atoms with Gasteiger partial charge in [-0.15, -0.1) is 0 Å². The normalized spacial score (nSPS) is 33.7. The molecule has 1 saturated heterocycles. The van der Waals surface area contributed by atoms with Crippen LogP contribution in [0.15, 0.2) is 0 Å². The molecule has 2 atom stereocenters. The van der Waals surface area contributed by atoms with E-state index in [0.717, 1.165) is 25.7 Å². The van der Waals surface area contributed by atoms with Crippen molar-refractivity contribution in [2.45, 2.75) is 44.2 Å². The van der Waals surface area contributed by atoms with Gasteiger partial charge in [0, 0.05) is 24.3 Å². The zero-order valence-corrected chi connectivity index (χ0v) is 10.4. The van der Waals surface area contributed by atoms with E-state index in [2.05, 4.69) is 0 Å². The number of ether oxygens (including phenoxy) is 1. The maximum Gasteiger partial charge on any atom is 0.228 e. The first kappa shape index (κ1) is 12.0. The number of carboxylic acid groups (broad SMARTS) is 1. The average molecular weight is 252 g/mol. The molecule has 0 aromatic heterocycles. The third-order valence-electron chi connectivity index (χ3n) is 4.49. The monoisotopic (exact) mass is 252 g/mol. The van der Waals surface area contributed by atoms with Crippen molar-refractivity contribution >= 4 is 11.9 Å². The smallest absolute Gasteiger partial charge is 0.228 e. The first-order chi connectivity index (χ1) is 8.64. The molecule has 0 bridgehead atoms. The van der Waals surface area contributed by atoms with Crippen LogP contribution in [0.3, 0.4) is 0 Å². The average Bonchev–Trinajstić information content (AvgIpc) is 3.08. The van der Waals surface area contributed by atoms with E-state index in [4.69, 9.17) is 4.74 Å². The van der Waals surface area contributed by atoms with Crippen LogP contribution in [-0.4, -0.2) is 35.7 Å². The molecule has 5 nitrogen and oxygen atoms in total. The Labute approximate surface area is 106 Å². The molecule has 1 spiro atoms. The summed E-state index contributed by atoms with van der Waals surface area (Å²) in [7, 11) is 0. The standard InChI is InChI=1S/C13H19NO4/c15-11(9-8-10(9)12(16)17)14-6-7-18-13(14)4-2-1-3-5-13/h9-10H,1-8H2,(H,16,17)/p-1/t9-,10+/m0/s1. The van der Waals surface area contributed by atoms with Crippen LogP contribution in [0.25, 0.3) is 0 Å². The number of hydrogen-bond acceptors (Lipinski definition) is 4. The summed E-state index contributed by atoms with van der Waals surface area (Å²) in [5, 5.41) is 10.7. The summed E-state index contributed by atoms with van der Waals surface area (Å²) in [4.78, 5) is 24.9. The summed E-state index contributed by atoms with van der Waals surface area (Å²) in [6.07, 6.45) is 5.58. The minimum atomic E-state index is -1.09. The molecule has 1 aliphatic heterocycles. The molecule has 2 saturated carbocycles. The van der Waals surface area contributed by atoms with Crippen LogP contribution >= 0.6 is 0 Å². The Hall–Kier alpha value is -1.10. The van der Waals surface area contributed by atoms with Crippen molar-refractivity contribution in [3.63, 3.8) is 0 Å². The summed E-state index contributed by atoms with van der Waals surface area (Å²) < 4.78 is 5.83. The molecule has 18 heavy (non-hydrogen) atoms. The van der Waals surface area contributed by atoms with E-state index in [0.29, 0.717) is 19.6 Å². The highest BCUT2D eigenvalue weighted by Crippen LogP contribution is 2.44. The van der Waals surface area contributed by atoms with Crippen LogP contribution in [0.2, 0.25) is 0 Å². The Morgan fingerprint density at radius 3 is 2.50 bits per heavy atom. The molecular weight excluding hydrogens is 234 g/mol. The predicted octanol–water partition coefficient (Wildman–Crippen LogP) is -0.108. The van der Waals surface area contributed by atoms with E-state index in [1.807, 2.05) is 0 Å². The molecule has 5 heteroatoms. The topological polar surface area (TPSA) is 69.7 Å². The summed E-state index contributed by atoms with van der Waals surface area (Å²) in [5.41, 5.74) is -0.422. The Balaban J connectivity index is 1.71. The van der Waals surface area contributed by atoms with Gasteiger partial charge in [0.05, 0.1) is 6.61 Å². The van der Waals surface area contributed by atoms with Gasteiger partial charge in [0.15, 0.2) is 0 Å². The van der Waals surface area contributed by atoms with Gasteiger partial charge in [0.1, 0.15) is 5.72 Å². The van der Waals surface area contributed by atoms with Gasteiger partial charge in [-0.05, 0) is 32.1 Å². The minimum absolute atomic E-state index is 0.0383. The number of carbonyl (C=O) groups excluding carboxylic acids is 2. The molecule has 0 N–H and O–H groups in total. The fraction of sp³-hybridized carbons (Fsp3) is 0.846. The summed E-state index contributed by atoms with van der Waals surface area (Å²) >= 11 is 0. The molecule has 0 unspecified atom stereocenters. The first-order valence-corrected chi connectivity index (χ1v) is 6.80. The van der Waals surface area contributed by atoms with E-state index >= 15 is 0 Å². The van der Waals surface area contributed by atoms with E-state index < -0.39 is 17.6 Å². The van der Waals surface area contributed by atoms with Gasteiger partial charge in [0.25, 0.3) is 0 Å². The SMILES string of the molecule is O=C([O-])[C@@H]1C[C@@H]1C(=O)N1CCOC12CCCCC2. The maximum absolute atomic E-state index is 12.4. The summed E-state index contributed by atoms with van der Waals surface area (Å²) in [6.45, 7) is 1.18. The highest BCUT2D eigenvalue weighted by atomic mass is 16.5. The summed E-state index contributed by atoms with van der Waals surface area (Å²) in [5.74, 6) is -2.07. The maximum atomic E-state index is 12.4. The van der Waals surface area contributed by atoms with Gasteiger partial charge in [-0.1, -0.05) is 6.42 Å². The molecule has 0 radical (unpaired) electrons. The molecule has 100 valence electrons. The third kappa shape index (κ3) is 1.81. The molecule has 3 rings (SSSR count). The Morgan fingerprint density at radius 2 is 1.89 bits per heavy atom. The quantitative estimate of drug-likeness (QED) is 0.687. The second-order valence-electron chi connectivity index (χ2n) is 5.61. The van der Waals surface area contributed by atoms with Crippen molar-refractivity contribution in [3.05, 3.63) is 0 Å². The van der Waals surface area contributed by atoms with E-state index in [9.17, 15) is 14.7 Å². The van der Waals surface area contributed by atoms with Crippen LogP contribution in [-0.2, 0) is 14.3 Å². The van der Waals surface area contributed by atoms with Crippen molar-refractivity contribution in [3.8, 4) is 0 Å². The number of aliphatic carboxylic acids is 1. The lowest BCUT2D eigenvalue weighted by atomic mass is 9.90. The molecule has 2 aliphatic carbocycles. The number of amides is 1. The molecule has 1 amide bonds. The molecule has 0 aromatic carbocycles. The number of nitrogens with zero attached hydrogens (tertiary/aromatic N) is 1. The number of hydrogen-bond donors (Lipinski definition) is 0. The lowest BCUT2D eigenvalue weighted by Crippen LogP contribution is -2.50. The fourth-order valence-corrected chi connectivity index (χ4v) is 3.37. The van der Waals surface area contributed by atoms with E-state index in [1.54, 1.807) is 4.90 Å².